The number of carbonyl (C=O) groups is 1. The fourth-order valence-corrected chi connectivity index (χ4v) is 2.20. The lowest BCUT2D eigenvalue weighted by Gasteiger charge is -2.35. The molecule has 0 aromatic heterocycles. The van der Waals surface area contributed by atoms with E-state index in [0.717, 1.165) is 19.3 Å². The van der Waals surface area contributed by atoms with Crippen LogP contribution in [0.3, 0.4) is 0 Å². The summed E-state index contributed by atoms with van der Waals surface area (Å²) in [5.74, 6) is 0.0508. The molecule has 1 spiro atoms. The van der Waals surface area contributed by atoms with Crippen molar-refractivity contribution in [1.29, 1.82) is 0 Å². The van der Waals surface area contributed by atoms with E-state index in [1.54, 1.807) is 18.2 Å². The fourth-order valence-electron chi connectivity index (χ4n) is 2.20. The van der Waals surface area contributed by atoms with Gasteiger partial charge < -0.3 is 19.3 Å². The molecule has 3 rings (SSSR count). The summed E-state index contributed by atoms with van der Waals surface area (Å²) in [4.78, 5) is 11.3. The average Bonchev–Trinajstić information content (AvgIpc) is 2.75. The number of ether oxygens (including phenoxy) is 3. The standard InChI is InChI=1S/C13H14O5/c1-16-12(15)11(14)8-3-4-9-10(7-8)18-13(17-9)5-2-6-13/h3-4,7,11,14H,2,5-6H2,1H3. The second-order valence-corrected chi connectivity index (χ2v) is 4.60. The molecule has 0 bridgehead atoms. The second-order valence-electron chi connectivity index (χ2n) is 4.60. The molecule has 1 aliphatic carbocycles. The first-order valence-electron chi connectivity index (χ1n) is 5.91. The van der Waals surface area contributed by atoms with E-state index in [1.165, 1.54) is 7.11 Å². The summed E-state index contributed by atoms with van der Waals surface area (Å²) in [7, 11) is 1.24. The van der Waals surface area contributed by atoms with Gasteiger partial charge in [0.25, 0.3) is 5.79 Å². The molecule has 2 aliphatic rings. The summed E-state index contributed by atoms with van der Waals surface area (Å²) in [6.07, 6.45) is 1.54. The number of aliphatic hydroxyl groups excluding tert-OH is 1. The Bertz CT molecular complexity index is 492. The second kappa shape index (κ2) is 3.88. The van der Waals surface area contributed by atoms with Gasteiger partial charge in [0.05, 0.1) is 7.11 Å². The van der Waals surface area contributed by atoms with Crippen LogP contribution in [0.4, 0.5) is 0 Å². The maximum atomic E-state index is 11.3. The fraction of sp³-hybridized carbons (Fsp3) is 0.462. The molecule has 1 aromatic carbocycles. The van der Waals surface area contributed by atoms with E-state index in [9.17, 15) is 9.90 Å². The summed E-state index contributed by atoms with van der Waals surface area (Å²) < 4.78 is 16.0. The monoisotopic (exact) mass is 250 g/mol. The van der Waals surface area contributed by atoms with Crippen LogP contribution in [-0.2, 0) is 9.53 Å². The van der Waals surface area contributed by atoms with E-state index in [1.807, 2.05) is 0 Å². The maximum Gasteiger partial charge on any atom is 0.339 e. The third-order valence-corrected chi connectivity index (χ3v) is 3.42. The number of hydrogen-bond donors (Lipinski definition) is 1. The predicted octanol–water partition coefficient (Wildman–Crippen LogP) is 1.54. The molecule has 1 saturated carbocycles. The largest absolute Gasteiger partial charge is 0.467 e. The molecular weight excluding hydrogens is 236 g/mol. The van der Waals surface area contributed by atoms with Crippen molar-refractivity contribution in [2.75, 3.05) is 7.11 Å². The molecule has 1 aromatic rings. The van der Waals surface area contributed by atoms with Crippen LogP contribution >= 0.6 is 0 Å². The quantitative estimate of drug-likeness (QED) is 0.807. The molecule has 0 amide bonds. The molecule has 1 unspecified atom stereocenters. The first kappa shape index (κ1) is 11.3. The van der Waals surface area contributed by atoms with Crippen LogP contribution in [0, 0.1) is 0 Å². The van der Waals surface area contributed by atoms with Gasteiger partial charge in [-0.05, 0) is 24.1 Å². The molecule has 1 atom stereocenters. The van der Waals surface area contributed by atoms with E-state index in [0.29, 0.717) is 17.1 Å². The Morgan fingerprint density at radius 2 is 2.11 bits per heavy atom. The van der Waals surface area contributed by atoms with Crippen molar-refractivity contribution < 1.29 is 24.1 Å². The Hall–Kier alpha value is -1.75. The van der Waals surface area contributed by atoms with E-state index < -0.39 is 17.9 Å². The molecule has 18 heavy (non-hydrogen) atoms. The van der Waals surface area contributed by atoms with Crippen molar-refractivity contribution in [2.24, 2.45) is 0 Å². The highest BCUT2D eigenvalue weighted by atomic mass is 16.7. The molecule has 96 valence electrons. The zero-order valence-electron chi connectivity index (χ0n) is 10.0. The predicted molar refractivity (Wildman–Crippen MR) is 61.3 cm³/mol. The Kier molecular flexibility index (Phi) is 2.45. The smallest absolute Gasteiger partial charge is 0.339 e. The van der Waals surface area contributed by atoms with E-state index in [2.05, 4.69) is 4.74 Å². The Morgan fingerprint density at radius 1 is 1.39 bits per heavy atom. The van der Waals surface area contributed by atoms with Crippen LogP contribution in [0.25, 0.3) is 0 Å². The third-order valence-electron chi connectivity index (χ3n) is 3.42. The zero-order valence-corrected chi connectivity index (χ0v) is 10.0. The number of hydrogen-bond acceptors (Lipinski definition) is 5. The van der Waals surface area contributed by atoms with Gasteiger partial charge in [0.15, 0.2) is 17.6 Å². The third kappa shape index (κ3) is 1.62. The highest BCUT2D eigenvalue weighted by Gasteiger charge is 2.47. The van der Waals surface area contributed by atoms with Gasteiger partial charge in [0.1, 0.15) is 0 Å². The minimum Gasteiger partial charge on any atom is -0.467 e. The van der Waals surface area contributed by atoms with Crippen LogP contribution in [0.5, 0.6) is 11.5 Å². The molecule has 0 saturated heterocycles. The van der Waals surface area contributed by atoms with Gasteiger partial charge in [-0.2, -0.15) is 0 Å². The SMILES string of the molecule is COC(=O)C(O)c1ccc2c(c1)OC1(CCC1)O2. The van der Waals surface area contributed by atoms with Gasteiger partial charge >= 0.3 is 5.97 Å². The highest BCUT2D eigenvalue weighted by molar-refractivity contribution is 5.76. The van der Waals surface area contributed by atoms with Gasteiger partial charge in [-0.15, -0.1) is 0 Å². The number of benzene rings is 1. The lowest BCUT2D eigenvalue weighted by molar-refractivity contribution is -0.150. The van der Waals surface area contributed by atoms with Crippen molar-refractivity contribution in [3.8, 4) is 11.5 Å². The van der Waals surface area contributed by atoms with Gasteiger partial charge in [-0.25, -0.2) is 4.79 Å². The minimum atomic E-state index is -1.29. The van der Waals surface area contributed by atoms with Gasteiger partial charge in [0, 0.05) is 12.8 Å². The highest BCUT2D eigenvalue weighted by Crippen LogP contribution is 2.48. The Labute approximate surface area is 104 Å². The lowest BCUT2D eigenvalue weighted by Crippen LogP contribution is -2.45. The van der Waals surface area contributed by atoms with Crippen LogP contribution in [-0.4, -0.2) is 24.0 Å². The van der Waals surface area contributed by atoms with Crippen molar-refractivity contribution >= 4 is 5.97 Å². The number of carbonyl (C=O) groups excluding carboxylic acids is 1. The summed E-state index contributed by atoms with van der Waals surface area (Å²) >= 11 is 0. The van der Waals surface area contributed by atoms with Crippen LogP contribution in [0.2, 0.25) is 0 Å². The number of esters is 1. The minimum absolute atomic E-state index is 0.445. The van der Waals surface area contributed by atoms with Crippen molar-refractivity contribution in [1.82, 2.24) is 0 Å². The van der Waals surface area contributed by atoms with Crippen molar-refractivity contribution in [3.63, 3.8) is 0 Å². The average molecular weight is 250 g/mol. The first-order chi connectivity index (χ1) is 8.63. The lowest BCUT2D eigenvalue weighted by atomic mass is 9.91. The number of rotatable bonds is 2. The van der Waals surface area contributed by atoms with E-state index in [-0.39, 0.29) is 0 Å². The number of methoxy groups -OCH3 is 1. The normalized spacial score (nSPS) is 20.3. The summed E-state index contributed by atoms with van der Waals surface area (Å²) in [6, 6.07) is 4.98. The molecule has 1 aliphatic heterocycles. The number of aliphatic hydroxyl groups is 1. The zero-order chi connectivity index (χ0) is 12.8. The van der Waals surface area contributed by atoms with Gasteiger partial charge in [-0.3, -0.25) is 0 Å². The maximum absolute atomic E-state index is 11.3. The topological polar surface area (TPSA) is 65.0 Å². The summed E-state index contributed by atoms with van der Waals surface area (Å²) in [5.41, 5.74) is 0.445. The molecule has 5 nitrogen and oxygen atoms in total. The molecular formula is C13H14O5. The molecule has 1 N–H and O–H groups in total. The van der Waals surface area contributed by atoms with Crippen LogP contribution in [0.1, 0.15) is 30.9 Å². The van der Waals surface area contributed by atoms with Crippen LogP contribution in [0.15, 0.2) is 18.2 Å². The Balaban J connectivity index is 1.85. The molecule has 1 fully saturated rings. The van der Waals surface area contributed by atoms with E-state index >= 15 is 0 Å². The van der Waals surface area contributed by atoms with Gasteiger partial charge in [0.2, 0.25) is 0 Å². The van der Waals surface area contributed by atoms with Crippen LogP contribution < -0.4 is 9.47 Å². The van der Waals surface area contributed by atoms with Crippen molar-refractivity contribution in [2.45, 2.75) is 31.2 Å². The van der Waals surface area contributed by atoms with Gasteiger partial charge in [-0.1, -0.05) is 6.07 Å². The first-order valence-corrected chi connectivity index (χ1v) is 5.91. The van der Waals surface area contributed by atoms with Crippen molar-refractivity contribution in [3.05, 3.63) is 23.8 Å². The molecule has 1 heterocycles. The summed E-state index contributed by atoms with van der Waals surface area (Å²) in [6.45, 7) is 0. The summed E-state index contributed by atoms with van der Waals surface area (Å²) in [5, 5.41) is 9.75. The van der Waals surface area contributed by atoms with E-state index in [4.69, 9.17) is 9.47 Å². The molecule has 5 heteroatoms. The Morgan fingerprint density at radius 3 is 2.72 bits per heavy atom. The number of fused-ring (bicyclic) bond motifs is 1. The molecule has 0 radical (unpaired) electrons.